The molecule has 2 aromatic rings. The van der Waals surface area contributed by atoms with Crippen molar-refractivity contribution in [3.63, 3.8) is 0 Å². The molecule has 0 aliphatic carbocycles. The summed E-state index contributed by atoms with van der Waals surface area (Å²) in [6.45, 7) is 0.586. The number of hydrogen-bond donors (Lipinski definition) is 2. The Bertz CT molecular complexity index is 552. The lowest BCUT2D eigenvalue weighted by atomic mass is 10.1. The molecule has 2 rings (SSSR count). The van der Waals surface area contributed by atoms with E-state index in [4.69, 9.17) is 9.84 Å². The summed E-state index contributed by atoms with van der Waals surface area (Å²) in [6.07, 6.45) is 0.803. The Morgan fingerprint density at radius 1 is 1.00 bits per heavy atom. The second-order valence-corrected chi connectivity index (χ2v) is 4.68. The molecule has 0 fully saturated rings. The zero-order valence-corrected chi connectivity index (χ0v) is 11.8. The predicted octanol–water partition coefficient (Wildman–Crippen LogP) is 1.92. The molecular weight excluding hydrogens is 266 g/mol. The molecule has 4 nitrogen and oxygen atoms in total. The Kier molecular flexibility index (Phi) is 5.79. The van der Waals surface area contributed by atoms with Gasteiger partial charge < -0.3 is 15.2 Å². The molecule has 0 saturated heterocycles. The maximum absolute atomic E-state index is 11.7. The number of nitrogens with one attached hydrogen (secondary N) is 1. The zero-order chi connectivity index (χ0) is 14.9. The van der Waals surface area contributed by atoms with Gasteiger partial charge in [0.05, 0.1) is 6.61 Å². The quantitative estimate of drug-likeness (QED) is 0.817. The van der Waals surface area contributed by atoms with Gasteiger partial charge in [-0.05, 0) is 29.7 Å². The van der Waals surface area contributed by atoms with Crippen LogP contribution in [-0.4, -0.2) is 24.2 Å². The van der Waals surface area contributed by atoms with E-state index in [2.05, 4.69) is 5.32 Å². The first kappa shape index (κ1) is 15.1. The van der Waals surface area contributed by atoms with Crippen molar-refractivity contribution in [2.45, 2.75) is 13.0 Å². The zero-order valence-electron chi connectivity index (χ0n) is 11.8. The summed E-state index contributed by atoms with van der Waals surface area (Å²) in [6, 6.07) is 17.0. The summed E-state index contributed by atoms with van der Waals surface area (Å²) < 4.78 is 5.38. The summed E-state index contributed by atoms with van der Waals surface area (Å²) >= 11 is 0. The molecule has 110 valence electrons. The lowest BCUT2D eigenvalue weighted by Gasteiger charge is -2.08. The normalized spacial score (nSPS) is 10.1. The van der Waals surface area contributed by atoms with Gasteiger partial charge in [-0.15, -0.1) is 0 Å². The molecule has 0 atom stereocenters. The third kappa shape index (κ3) is 5.28. The van der Waals surface area contributed by atoms with E-state index < -0.39 is 0 Å². The molecule has 0 spiro atoms. The van der Waals surface area contributed by atoms with Crippen LogP contribution in [0.3, 0.4) is 0 Å². The fraction of sp³-hybridized carbons (Fsp3) is 0.235. The monoisotopic (exact) mass is 285 g/mol. The van der Waals surface area contributed by atoms with E-state index >= 15 is 0 Å². The SMILES string of the molecule is O=C(COc1ccc(CO)cc1)NCCc1ccccc1. The maximum atomic E-state index is 11.7. The molecule has 4 heteroatoms. The molecule has 2 N–H and O–H groups in total. The molecule has 2 aromatic carbocycles. The number of aliphatic hydroxyl groups excluding tert-OH is 1. The molecule has 0 radical (unpaired) electrons. The van der Waals surface area contributed by atoms with Crippen molar-refractivity contribution < 1.29 is 14.6 Å². The van der Waals surface area contributed by atoms with Crippen LogP contribution < -0.4 is 10.1 Å². The van der Waals surface area contributed by atoms with Gasteiger partial charge in [0, 0.05) is 6.54 Å². The van der Waals surface area contributed by atoms with Crippen LogP contribution in [0.4, 0.5) is 0 Å². The van der Waals surface area contributed by atoms with Gasteiger partial charge in [-0.3, -0.25) is 4.79 Å². The Balaban J connectivity index is 1.67. The number of carbonyl (C=O) groups excluding carboxylic acids is 1. The summed E-state index contributed by atoms with van der Waals surface area (Å²) in [5.74, 6) is 0.475. The van der Waals surface area contributed by atoms with Crippen LogP contribution in [0.5, 0.6) is 5.75 Å². The van der Waals surface area contributed by atoms with Gasteiger partial charge in [-0.2, -0.15) is 0 Å². The lowest BCUT2D eigenvalue weighted by molar-refractivity contribution is -0.123. The fourth-order valence-electron chi connectivity index (χ4n) is 1.88. The van der Waals surface area contributed by atoms with Crippen molar-refractivity contribution in [2.75, 3.05) is 13.2 Å². The van der Waals surface area contributed by atoms with E-state index in [1.54, 1.807) is 24.3 Å². The van der Waals surface area contributed by atoms with Gasteiger partial charge in [-0.25, -0.2) is 0 Å². The lowest BCUT2D eigenvalue weighted by Crippen LogP contribution is -2.30. The molecule has 0 heterocycles. The summed E-state index contributed by atoms with van der Waals surface area (Å²) in [5, 5.41) is 11.8. The Morgan fingerprint density at radius 3 is 2.38 bits per heavy atom. The Hall–Kier alpha value is -2.33. The number of amides is 1. The standard InChI is InChI=1S/C17H19NO3/c19-12-15-6-8-16(9-7-15)21-13-17(20)18-11-10-14-4-2-1-3-5-14/h1-9,19H,10-13H2,(H,18,20). The van der Waals surface area contributed by atoms with Crippen LogP contribution in [0.1, 0.15) is 11.1 Å². The molecule has 0 unspecified atom stereocenters. The minimum absolute atomic E-state index is 0.000250. The van der Waals surface area contributed by atoms with Crippen molar-refractivity contribution in [3.8, 4) is 5.75 Å². The molecule has 0 aromatic heterocycles. The second kappa shape index (κ2) is 8.07. The summed E-state index contributed by atoms with van der Waals surface area (Å²) in [4.78, 5) is 11.7. The molecule has 0 aliphatic heterocycles. The average molecular weight is 285 g/mol. The van der Waals surface area contributed by atoms with Crippen molar-refractivity contribution in [1.29, 1.82) is 0 Å². The van der Waals surface area contributed by atoms with Gasteiger partial charge in [0.2, 0.25) is 0 Å². The van der Waals surface area contributed by atoms with Crippen LogP contribution >= 0.6 is 0 Å². The molecule has 1 amide bonds. The summed E-state index contributed by atoms with van der Waals surface area (Å²) in [5.41, 5.74) is 2.01. The summed E-state index contributed by atoms with van der Waals surface area (Å²) in [7, 11) is 0. The number of aliphatic hydroxyl groups is 1. The van der Waals surface area contributed by atoms with E-state index in [0.717, 1.165) is 12.0 Å². The maximum Gasteiger partial charge on any atom is 0.257 e. The predicted molar refractivity (Wildman–Crippen MR) is 81.0 cm³/mol. The number of carbonyl (C=O) groups is 1. The van der Waals surface area contributed by atoms with E-state index in [-0.39, 0.29) is 19.1 Å². The third-order valence-electron chi connectivity index (χ3n) is 3.05. The molecular formula is C17H19NO3. The highest BCUT2D eigenvalue weighted by Gasteiger charge is 2.02. The molecule has 21 heavy (non-hydrogen) atoms. The van der Waals surface area contributed by atoms with Gasteiger partial charge in [0.1, 0.15) is 5.75 Å². The van der Waals surface area contributed by atoms with E-state index in [1.165, 1.54) is 5.56 Å². The Morgan fingerprint density at radius 2 is 1.71 bits per heavy atom. The molecule has 0 saturated carbocycles. The van der Waals surface area contributed by atoms with Crippen LogP contribution in [0.15, 0.2) is 54.6 Å². The van der Waals surface area contributed by atoms with Crippen LogP contribution in [0.2, 0.25) is 0 Å². The first-order chi connectivity index (χ1) is 10.3. The van der Waals surface area contributed by atoms with Gasteiger partial charge in [0.25, 0.3) is 5.91 Å². The average Bonchev–Trinajstić information content (AvgIpc) is 2.54. The van der Waals surface area contributed by atoms with E-state index in [9.17, 15) is 4.79 Å². The van der Waals surface area contributed by atoms with Crippen LogP contribution in [0.25, 0.3) is 0 Å². The largest absolute Gasteiger partial charge is 0.484 e. The highest BCUT2D eigenvalue weighted by atomic mass is 16.5. The fourth-order valence-corrected chi connectivity index (χ4v) is 1.88. The Labute approximate surface area is 124 Å². The van der Waals surface area contributed by atoms with Crippen molar-refractivity contribution >= 4 is 5.91 Å². The first-order valence-electron chi connectivity index (χ1n) is 6.91. The highest BCUT2D eigenvalue weighted by molar-refractivity contribution is 5.77. The topological polar surface area (TPSA) is 58.6 Å². The smallest absolute Gasteiger partial charge is 0.257 e. The number of ether oxygens (including phenoxy) is 1. The second-order valence-electron chi connectivity index (χ2n) is 4.68. The first-order valence-corrected chi connectivity index (χ1v) is 6.91. The minimum Gasteiger partial charge on any atom is -0.484 e. The number of rotatable bonds is 7. The number of benzene rings is 2. The highest BCUT2D eigenvalue weighted by Crippen LogP contribution is 2.11. The number of hydrogen-bond acceptors (Lipinski definition) is 3. The molecule has 0 aliphatic rings. The van der Waals surface area contributed by atoms with Gasteiger partial charge >= 0.3 is 0 Å². The van der Waals surface area contributed by atoms with E-state index in [0.29, 0.717) is 12.3 Å². The van der Waals surface area contributed by atoms with Gasteiger partial charge in [-0.1, -0.05) is 42.5 Å². The van der Waals surface area contributed by atoms with Crippen molar-refractivity contribution in [1.82, 2.24) is 5.32 Å². The molecule has 0 bridgehead atoms. The van der Waals surface area contributed by atoms with E-state index in [1.807, 2.05) is 30.3 Å². The van der Waals surface area contributed by atoms with Crippen molar-refractivity contribution in [3.05, 3.63) is 65.7 Å². The van der Waals surface area contributed by atoms with Crippen molar-refractivity contribution in [2.24, 2.45) is 0 Å². The van der Waals surface area contributed by atoms with Gasteiger partial charge in [0.15, 0.2) is 6.61 Å². The van der Waals surface area contributed by atoms with Crippen LogP contribution in [0, 0.1) is 0 Å². The third-order valence-corrected chi connectivity index (χ3v) is 3.05. The minimum atomic E-state index is -0.142. The van der Waals surface area contributed by atoms with Crippen LogP contribution in [-0.2, 0) is 17.8 Å².